The topological polar surface area (TPSA) is 77.0 Å². The lowest BCUT2D eigenvalue weighted by Crippen LogP contribution is -2.51. The van der Waals surface area contributed by atoms with Crippen molar-refractivity contribution in [1.29, 1.82) is 0 Å². The van der Waals surface area contributed by atoms with Gasteiger partial charge in [0.1, 0.15) is 5.82 Å². The molecular formula is C16H20FN5O. The molecule has 3 rings (SSSR count). The van der Waals surface area contributed by atoms with Gasteiger partial charge in [-0.1, -0.05) is 6.92 Å². The Morgan fingerprint density at radius 3 is 2.83 bits per heavy atom. The number of halogens is 1. The van der Waals surface area contributed by atoms with Crippen LogP contribution in [0.4, 0.5) is 4.39 Å². The van der Waals surface area contributed by atoms with Crippen LogP contribution in [0.25, 0.3) is 5.69 Å². The molecule has 2 aromatic rings. The maximum atomic E-state index is 13.0. The van der Waals surface area contributed by atoms with Crippen molar-refractivity contribution in [2.75, 3.05) is 13.1 Å². The van der Waals surface area contributed by atoms with E-state index in [-0.39, 0.29) is 23.5 Å². The van der Waals surface area contributed by atoms with Gasteiger partial charge in [-0.2, -0.15) is 9.90 Å². The second-order valence-electron chi connectivity index (χ2n) is 5.92. The first-order valence-corrected chi connectivity index (χ1v) is 7.79. The summed E-state index contributed by atoms with van der Waals surface area (Å²) in [5, 5.41) is 8.34. The maximum Gasteiger partial charge on any atom is 0.276 e. The Morgan fingerprint density at radius 2 is 2.13 bits per heavy atom. The van der Waals surface area contributed by atoms with Crippen LogP contribution < -0.4 is 5.73 Å². The smallest absolute Gasteiger partial charge is 0.276 e. The summed E-state index contributed by atoms with van der Waals surface area (Å²) in [5.41, 5.74) is 6.72. The van der Waals surface area contributed by atoms with E-state index in [0.29, 0.717) is 24.7 Å². The van der Waals surface area contributed by atoms with Gasteiger partial charge in [-0.25, -0.2) is 4.39 Å². The summed E-state index contributed by atoms with van der Waals surface area (Å²) in [4.78, 5) is 15.8. The van der Waals surface area contributed by atoms with Crippen molar-refractivity contribution >= 4 is 5.91 Å². The van der Waals surface area contributed by atoms with E-state index in [0.717, 1.165) is 12.8 Å². The summed E-state index contributed by atoms with van der Waals surface area (Å²) in [5.74, 6) is -0.101. The summed E-state index contributed by atoms with van der Waals surface area (Å²) >= 11 is 0. The van der Waals surface area contributed by atoms with Crippen LogP contribution in [0.15, 0.2) is 30.5 Å². The molecule has 6 nitrogen and oxygen atoms in total. The first-order chi connectivity index (χ1) is 11.1. The standard InChI is InChI=1S/C16H20FN5O/c1-11-3-2-8-21(15(11)9-18)16(23)14-10-19-22(20-14)13-6-4-12(17)5-7-13/h4-7,10-11,15H,2-3,8-9,18H2,1H3. The van der Waals surface area contributed by atoms with Gasteiger partial charge in [-0.05, 0) is 43.0 Å². The van der Waals surface area contributed by atoms with Crippen molar-refractivity contribution in [1.82, 2.24) is 19.9 Å². The van der Waals surface area contributed by atoms with Crippen molar-refractivity contribution in [3.05, 3.63) is 42.0 Å². The van der Waals surface area contributed by atoms with Gasteiger partial charge in [0.05, 0.1) is 11.9 Å². The van der Waals surface area contributed by atoms with Crippen molar-refractivity contribution in [2.24, 2.45) is 11.7 Å². The Balaban J connectivity index is 1.82. The highest BCUT2D eigenvalue weighted by Gasteiger charge is 2.32. The third-order valence-electron chi connectivity index (χ3n) is 4.39. The number of rotatable bonds is 3. The first kappa shape index (κ1) is 15.6. The molecule has 1 aliphatic rings. The van der Waals surface area contributed by atoms with Gasteiger partial charge in [0.25, 0.3) is 5.91 Å². The van der Waals surface area contributed by atoms with Crippen LogP contribution in [0.2, 0.25) is 0 Å². The summed E-state index contributed by atoms with van der Waals surface area (Å²) in [7, 11) is 0. The van der Waals surface area contributed by atoms with Crippen molar-refractivity contribution < 1.29 is 9.18 Å². The number of hydrogen-bond acceptors (Lipinski definition) is 4. The Kier molecular flexibility index (Phi) is 4.38. The molecule has 23 heavy (non-hydrogen) atoms. The lowest BCUT2D eigenvalue weighted by atomic mass is 9.90. The predicted octanol–water partition coefficient (Wildman–Crippen LogP) is 1.61. The van der Waals surface area contributed by atoms with Crippen LogP contribution >= 0.6 is 0 Å². The molecule has 2 N–H and O–H groups in total. The summed E-state index contributed by atoms with van der Waals surface area (Å²) in [6.07, 6.45) is 3.49. The van der Waals surface area contributed by atoms with E-state index in [2.05, 4.69) is 17.1 Å². The second kappa shape index (κ2) is 6.45. The summed E-state index contributed by atoms with van der Waals surface area (Å²) < 4.78 is 13.0. The van der Waals surface area contributed by atoms with Crippen LogP contribution in [0.5, 0.6) is 0 Å². The van der Waals surface area contributed by atoms with E-state index in [9.17, 15) is 9.18 Å². The molecule has 122 valence electrons. The average Bonchev–Trinajstić information content (AvgIpc) is 3.04. The van der Waals surface area contributed by atoms with E-state index in [1.807, 2.05) is 0 Å². The van der Waals surface area contributed by atoms with Gasteiger partial charge >= 0.3 is 0 Å². The third-order valence-corrected chi connectivity index (χ3v) is 4.39. The molecule has 0 spiro atoms. The predicted molar refractivity (Wildman–Crippen MR) is 83.6 cm³/mol. The lowest BCUT2D eigenvalue weighted by Gasteiger charge is -2.39. The normalized spacial score (nSPS) is 21.4. The number of likely N-dealkylation sites (tertiary alicyclic amines) is 1. The van der Waals surface area contributed by atoms with Gasteiger partial charge in [0, 0.05) is 19.1 Å². The SMILES string of the molecule is CC1CCCN(C(=O)c2cnn(-c3ccc(F)cc3)n2)C1CN. The molecular weight excluding hydrogens is 297 g/mol. The minimum absolute atomic E-state index is 0.0345. The number of benzene rings is 1. The van der Waals surface area contributed by atoms with Crippen LogP contribution in [-0.2, 0) is 0 Å². The van der Waals surface area contributed by atoms with Crippen LogP contribution in [-0.4, -0.2) is 44.9 Å². The molecule has 2 unspecified atom stereocenters. The molecule has 1 saturated heterocycles. The molecule has 1 aromatic heterocycles. The van der Waals surface area contributed by atoms with Crippen LogP contribution in [0, 0.1) is 11.7 Å². The second-order valence-corrected chi connectivity index (χ2v) is 5.92. The van der Waals surface area contributed by atoms with E-state index in [1.165, 1.54) is 23.1 Å². The zero-order chi connectivity index (χ0) is 16.4. The monoisotopic (exact) mass is 317 g/mol. The molecule has 0 bridgehead atoms. The first-order valence-electron chi connectivity index (χ1n) is 7.79. The van der Waals surface area contributed by atoms with Gasteiger partial charge in [-0.15, -0.1) is 5.10 Å². The molecule has 0 aliphatic carbocycles. The molecule has 2 heterocycles. The zero-order valence-electron chi connectivity index (χ0n) is 13.0. The molecule has 1 aromatic carbocycles. The minimum Gasteiger partial charge on any atom is -0.333 e. The van der Waals surface area contributed by atoms with Gasteiger partial charge in [0.15, 0.2) is 5.69 Å². The van der Waals surface area contributed by atoms with Gasteiger partial charge < -0.3 is 10.6 Å². The molecule has 1 fully saturated rings. The van der Waals surface area contributed by atoms with E-state index in [1.54, 1.807) is 17.0 Å². The summed E-state index contributed by atoms with van der Waals surface area (Å²) in [6.45, 7) is 3.25. The highest BCUT2D eigenvalue weighted by Crippen LogP contribution is 2.24. The van der Waals surface area contributed by atoms with Crippen LogP contribution in [0.1, 0.15) is 30.3 Å². The number of hydrogen-bond donors (Lipinski definition) is 1. The van der Waals surface area contributed by atoms with E-state index >= 15 is 0 Å². The fourth-order valence-electron chi connectivity index (χ4n) is 3.07. The number of amides is 1. The van der Waals surface area contributed by atoms with Crippen LogP contribution in [0.3, 0.4) is 0 Å². The highest BCUT2D eigenvalue weighted by molar-refractivity contribution is 5.92. The average molecular weight is 317 g/mol. The highest BCUT2D eigenvalue weighted by atomic mass is 19.1. The fourth-order valence-corrected chi connectivity index (χ4v) is 3.07. The number of piperidine rings is 1. The van der Waals surface area contributed by atoms with E-state index in [4.69, 9.17) is 5.73 Å². The third kappa shape index (κ3) is 3.10. The number of carbonyl (C=O) groups is 1. The number of nitrogens with two attached hydrogens (primary N) is 1. The van der Waals surface area contributed by atoms with Gasteiger partial charge in [-0.3, -0.25) is 4.79 Å². The quantitative estimate of drug-likeness (QED) is 0.933. The van der Waals surface area contributed by atoms with Crippen molar-refractivity contribution in [3.63, 3.8) is 0 Å². The molecule has 1 aliphatic heterocycles. The summed E-state index contributed by atoms with van der Waals surface area (Å²) in [6, 6.07) is 5.82. The number of aromatic nitrogens is 3. The lowest BCUT2D eigenvalue weighted by molar-refractivity contribution is 0.0526. The maximum absolute atomic E-state index is 13.0. The fraction of sp³-hybridized carbons (Fsp3) is 0.438. The molecule has 0 saturated carbocycles. The molecule has 7 heteroatoms. The molecule has 2 atom stereocenters. The zero-order valence-corrected chi connectivity index (χ0v) is 13.0. The Morgan fingerprint density at radius 1 is 1.39 bits per heavy atom. The van der Waals surface area contributed by atoms with E-state index < -0.39 is 0 Å². The molecule has 1 amide bonds. The van der Waals surface area contributed by atoms with Crippen molar-refractivity contribution in [2.45, 2.75) is 25.8 Å². The molecule has 0 radical (unpaired) electrons. The number of nitrogens with zero attached hydrogens (tertiary/aromatic N) is 4. The number of carbonyl (C=O) groups excluding carboxylic acids is 1. The Bertz CT molecular complexity index is 684. The van der Waals surface area contributed by atoms with Gasteiger partial charge in [0.2, 0.25) is 0 Å². The minimum atomic E-state index is -0.328. The largest absolute Gasteiger partial charge is 0.333 e. The Hall–Kier alpha value is -2.28. The Labute approximate surface area is 134 Å². The van der Waals surface area contributed by atoms with Crippen molar-refractivity contribution in [3.8, 4) is 5.69 Å².